The summed E-state index contributed by atoms with van der Waals surface area (Å²) < 4.78 is 0. The highest BCUT2D eigenvalue weighted by atomic mass is 15.5. The summed E-state index contributed by atoms with van der Waals surface area (Å²) in [7, 11) is 0. The molecule has 0 aliphatic rings. The molecule has 0 saturated carbocycles. The zero-order valence-electron chi connectivity index (χ0n) is 7.48. The summed E-state index contributed by atoms with van der Waals surface area (Å²) in [5, 5.41) is 2.27. The average Bonchev–Trinajstić information content (AvgIpc) is 1.98. The quantitative estimate of drug-likeness (QED) is 0.570. The minimum absolute atomic E-state index is 1.10. The Labute approximate surface area is 64.6 Å². The van der Waals surface area contributed by atoms with Gasteiger partial charge in [-0.05, 0) is 12.8 Å². The summed E-state index contributed by atoms with van der Waals surface area (Å²) in [6, 6.07) is 0. The third-order valence-corrected chi connectivity index (χ3v) is 1.46. The fourth-order valence-corrected chi connectivity index (χ4v) is 0.889. The van der Waals surface area contributed by atoms with Gasteiger partial charge < -0.3 is 0 Å². The molecule has 0 unspecified atom stereocenters. The minimum Gasteiger partial charge on any atom is -0.255 e. The van der Waals surface area contributed by atoms with Crippen LogP contribution in [0.25, 0.3) is 0 Å². The lowest BCUT2D eigenvalue weighted by atomic mass is 10.4. The Kier molecular flexibility index (Phi) is 6.98. The normalized spacial score (nSPS) is 10.8. The average molecular weight is 144 g/mol. The molecule has 0 aliphatic carbocycles. The van der Waals surface area contributed by atoms with Gasteiger partial charge in [0.15, 0.2) is 0 Å². The Morgan fingerprint density at radius 2 is 1.80 bits per heavy atom. The molecule has 0 spiro atoms. The summed E-state index contributed by atoms with van der Waals surface area (Å²) in [6.07, 6.45) is 2.44. The first-order chi connectivity index (χ1) is 4.85. The molecule has 0 amide bonds. The van der Waals surface area contributed by atoms with Crippen LogP contribution in [0.3, 0.4) is 0 Å². The van der Waals surface area contributed by atoms with Crippen molar-refractivity contribution in [2.75, 3.05) is 19.6 Å². The molecular formula is C8H20N2. The van der Waals surface area contributed by atoms with Crippen LogP contribution in [0.2, 0.25) is 0 Å². The minimum atomic E-state index is 1.10. The van der Waals surface area contributed by atoms with Crippen molar-refractivity contribution in [2.45, 2.75) is 33.6 Å². The van der Waals surface area contributed by atoms with Crippen LogP contribution in [-0.4, -0.2) is 24.6 Å². The number of hydrogen-bond acceptors (Lipinski definition) is 2. The van der Waals surface area contributed by atoms with Crippen molar-refractivity contribution in [1.82, 2.24) is 10.4 Å². The molecule has 0 rings (SSSR count). The van der Waals surface area contributed by atoms with Crippen LogP contribution >= 0.6 is 0 Å². The first-order valence-electron chi connectivity index (χ1n) is 4.33. The van der Waals surface area contributed by atoms with Crippen LogP contribution in [0.1, 0.15) is 33.6 Å². The van der Waals surface area contributed by atoms with Gasteiger partial charge in [0.25, 0.3) is 0 Å². The summed E-state index contributed by atoms with van der Waals surface area (Å²) in [4.78, 5) is 0. The first-order valence-corrected chi connectivity index (χ1v) is 4.33. The smallest absolute Gasteiger partial charge is 0.0128 e. The topological polar surface area (TPSA) is 15.3 Å². The van der Waals surface area contributed by atoms with Gasteiger partial charge in [-0.2, -0.15) is 0 Å². The molecule has 0 aromatic carbocycles. The van der Waals surface area contributed by atoms with E-state index in [0.717, 1.165) is 19.6 Å². The first kappa shape index (κ1) is 9.92. The number of rotatable bonds is 6. The molecule has 0 aromatic rings. The Balaban J connectivity index is 3.21. The van der Waals surface area contributed by atoms with Crippen LogP contribution in [0, 0.1) is 0 Å². The van der Waals surface area contributed by atoms with Gasteiger partial charge in [0.1, 0.15) is 0 Å². The second kappa shape index (κ2) is 7.03. The van der Waals surface area contributed by atoms with E-state index >= 15 is 0 Å². The lowest BCUT2D eigenvalue weighted by molar-refractivity contribution is 0.199. The van der Waals surface area contributed by atoms with E-state index in [-0.39, 0.29) is 0 Å². The van der Waals surface area contributed by atoms with E-state index in [1.807, 2.05) is 0 Å². The zero-order valence-corrected chi connectivity index (χ0v) is 7.48. The third-order valence-electron chi connectivity index (χ3n) is 1.46. The van der Waals surface area contributed by atoms with Gasteiger partial charge in [0.2, 0.25) is 0 Å². The van der Waals surface area contributed by atoms with Gasteiger partial charge in [-0.25, -0.2) is 5.01 Å². The number of hydrogen-bond donors (Lipinski definition) is 1. The summed E-state index contributed by atoms with van der Waals surface area (Å²) in [5.41, 5.74) is 3.35. The molecule has 1 N–H and O–H groups in total. The molecule has 0 aromatic heterocycles. The molecule has 0 fully saturated rings. The number of hydrazine groups is 1. The van der Waals surface area contributed by atoms with E-state index in [0.29, 0.717) is 0 Å². The summed E-state index contributed by atoms with van der Waals surface area (Å²) in [6.45, 7) is 9.94. The van der Waals surface area contributed by atoms with Crippen LogP contribution in [0.5, 0.6) is 0 Å². The van der Waals surface area contributed by atoms with Gasteiger partial charge in [0.05, 0.1) is 0 Å². The summed E-state index contributed by atoms with van der Waals surface area (Å²) >= 11 is 0. The van der Waals surface area contributed by atoms with E-state index in [2.05, 4.69) is 31.2 Å². The van der Waals surface area contributed by atoms with Crippen LogP contribution in [0.15, 0.2) is 0 Å². The van der Waals surface area contributed by atoms with E-state index in [1.165, 1.54) is 12.8 Å². The van der Waals surface area contributed by atoms with Crippen molar-refractivity contribution in [3.8, 4) is 0 Å². The molecule has 2 nitrogen and oxygen atoms in total. The maximum absolute atomic E-state index is 3.35. The Morgan fingerprint density at radius 3 is 2.20 bits per heavy atom. The fourth-order valence-electron chi connectivity index (χ4n) is 0.889. The second-order valence-electron chi connectivity index (χ2n) is 2.49. The van der Waals surface area contributed by atoms with Crippen LogP contribution in [0.4, 0.5) is 0 Å². The van der Waals surface area contributed by atoms with Crippen LogP contribution in [-0.2, 0) is 0 Å². The van der Waals surface area contributed by atoms with E-state index in [1.54, 1.807) is 0 Å². The van der Waals surface area contributed by atoms with Gasteiger partial charge >= 0.3 is 0 Å². The highest BCUT2D eigenvalue weighted by Crippen LogP contribution is 1.85. The highest BCUT2D eigenvalue weighted by Gasteiger charge is 1.95. The maximum atomic E-state index is 3.35. The number of nitrogens with one attached hydrogen (secondary N) is 1. The van der Waals surface area contributed by atoms with Crippen molar-refractivity contribution >= 4 is 0 Å². The molecular weight excluding hydrogens is 124 g/mol. The van der Waals surface area contributed by atoms with Crippen molar-refractivity contribution in [3.05, 3.63) is 0 Å². The molecule has 0 heterocycles. The molecule has 62 valence electrons. The van der Waals surface area contributed by atoms with Crippen molar-refractivity contribution < 1.29 is 0 Å². The SMILES string of the molecule is CCCNN(CC)CCC. The lowest BCUT2D eigenvalue weighted by Gasteiger charge is -2.19. The van der Waals surface area contributed by atoms with Gasteiger partial charge in [-0.1, -0.05) is 20.8 Å². The predicted molar refractivity (Wildman–Crippen MR) is 45.8 cm³/mol. The molecule has 0 radical (unpaired) electrons. The van der Waals surface area contributed by atoms with Crippen molar-refractivity contribution in [1.29, 1.82) is 0 Å². The van der Waals surface area contributed by atoms with Gasteiger partial charge in [-0.15, -0.1) is 0 Å². The Morgan fingerprint density at radius 1 is 1.10 bits per heavy atom. The van der Waals surface area contributed by atoms with Crippen molar-refractivity contribution in [3.63, 3.8) is 0 Å². The molecule has 2 heteroatoms. The molecule has 10 heavy (non-hydrogen) atoms. The molecule has 0 aliphatic heterocycles. The predicted octanol–water partition coefficient (Wildman–Crippen LogP) is 1.63. The Hall–Kier alpha value is -0.0800. The molecule has 0 atom stereocenters. The monoisotopic (exact) mass is 144 g/mol. The van der Waals surface area contributed by atoms with Crippen molar-refractivity contribution in [2.24, 2.45) is 0 Å². The van der Waals surface area contributed by atoms with Crippen LogP contribution < -0.4 is 5.43 Å². The lowest BCUT2D eigenvalue weighted by Crippen LogP contribution is -2.38. The molecule has 0 bridgehead atoms. The number of nitrogens with zero attached hydrogens (tertiary/aromatic N) is 1. The molecule has 0 saturated heterocycles. The highest BCUT2D eigenvalue weighted by molar-refractivity contribution is 4.46. The Bertz CT molecular complexity index is 64.3. The fraction of sp³-hybridized carbons (Fsp3) is 1.00. The largest absolute Gasteiger partial charge is 0.255 e. The van der Waals surface area contributed by atoms with E-state index < -0.39 is 0 Å². The third kappa shape index (κ3) is 4.77. The van der Waals surface area contributed by atoms with E-state index in [9.17, 15) is 0 Å². The van der Waals surface area contributed by atoms with Gasteiger partial charge in [0, 0.05) is 19.6 Å². The summed E-state index contributed by atoms with van der Waals surface area (Å²) in [5.74, 6) is 0. The van der Waals surface area contributed by atoms with Gasteiger partial charge in [-0.3, -0.25) is 5.43 Å². The standard InChI is InChI=1S/C8H20N2/c1-4-7-9-10(6-3)8-5-2/h9H,4-8H2,1-3H3. The zero-order chi connectivity index (χ0) is 7.82. The van der Waals surface area contributed by atoms with E-state index in [4.69, 9.17) is 0 Å². The maximum Gasteiger partial charge on any atom is 0.0128 e. The second-order valence-corrected chi connectivity index (χ2v) is 2.49.